The Balaban J connectivity index is 2.35. The van der Waals surface area contributed by atoms with Crippen LogP contribution in [-0.4, -0.2) is 38.1 Å². The molecule has 0 heterocycles. The van der Waals surface area contributed by atoms with Gasteiger partial charge in [-0.25, -0.2) is 13.2 Å². The van der Waals surface area contributed by atoms with Crippen molar-refractivity contribution in [1.82, 2.24) is 5.32 Å². The van der Waals surface area contributed by atoms with Crippen LogP contribution in [0.25, 0.3) is 0 Å². The smallest absolute Gasteiger partial charge is 0.319 e. The van der Waals surface area contributed by atoms with Gasteiger partial charge in [-0.1, -0.05) is 12.1 Å². The highest BCUT2D eigenvalue weighted by molar-refractivity contribution is 7.90. The third-order valence-corrected chi connectivity index (χ3v) is 3.66. The maximum Gasteiger partial charge on any atom is 0.319 e. The number of urea groups is 1. The normalized spacial score (nSPS) is 12.8. The van der Waals surface area contributed by atoms with Gasteiger partial charge in [0.05, 0.1) is 11.9 Å². The first-order valence-corrected chi connectivity index (χ1v) is 8.34. The van der Waals surface area contributed by atoms with Crippen molar-refractivity contribution in [3.8, 4) is 0 Å². The molecule has 20 heavy (non-hydrogen) atoms. The predicted octanol–water partition coefficient (Wildman–Crippen LogP) is 1.30. The average molecular weight is 300 g/mol. The Kier molecular flexibility index (Phi) is 5.97. The number of amides is 2. The quantitative estimate of drug-likeness (QED) is 0.690. The van der Waals surface area contributed by atoms with E-state index in [0.717, 1.165) is 11.8 Å². The van der Waals surface area contributed by atoms with E-state index < -0.39 is 15.9 Å². The van der Waals surface area contributed by atoms with Gasteiger partial charge in [0, 0.05) is 18.5 Å². The van der Waals surface area contributed by atoms with Gasteiger partial charge in [-0.2, -0.15) is 0 Å². The van der Waals surface area contributed by atoms with Crippen LogP contribution in [0.3, 0.4) is 0 Å². The monoisotopic (exact) mass is 300 g/mol. The van der Waals surface area contributed by atoms with Crippen molar-refractivity contribution in [2.75, 3.05) is 23.9 Å². The zero-order valence-electron chi connectivity index (χ0n) is 11.6. The van der Waals surface area contributed by atoms with Crippen molar-refractivity contribution in [2.45, 2.75) is 19.4 Å². The van der Waals surface area contributed by atoms with Crippen LogP contribution in [0.2, 0.25) is 0 Å². The molecule has 1 rings (SSSR count). The summed E-state index contributed by atoms with van der Waals surface area (Å²) in [5.74, 6) is 0.0519. The van der Waals surface area contributed by atoms with E-state index >= 15 is 0 Å². The highest BCUT2D eigenvalue weighted by Gasteiger charge is 2.05. The molecule has 0 spiro atoms. The molecule has 0 aliphatic carbocycles. The van der Waals surface area contributed by atoms with Crippen LogP contribution in [0.4, 0.5) is 10.5 Å². The minimum Gasteiger partial charge on any atom is -0.389 e. The van der Waals surface area contributed by atoms with Gasteiger partial charge in [-0.3, -0.25) is 0 Å². The van der Waals surface area contributed by atoms with Crippen molar-refractivity contribution < 1.29 is 18.3 Å². The first kappa shape index (κ1) is 16.5. The summed E-state index contributed by atoms with van der Waals surface area (Å²) < 4.78 is 21.8. The van der Waals surface area contributed by atoms with E-state index in [0.29, 0.717) is 18.7 Å². The van der Waals surface area contributed by atoms with Gasteiger partial charge < -0.3 is 15.7 Å². The van der Waals surface area contributed by atoms with Crippen LogP contribution in [0.15, 0.2) is 24.3 Å². The summed E-state index contributed by atoms with van der Waals surface area (Å²) in [4.78, 5) is 11.5. The van der Waals surface area contributed by atoms with Gasteiger partial charge in [0.1, 0.15) is 9.84 Å². The van der Waals surface area contributed by atoms with Crippen molar-refractivity contribution in [3.05, 3.63) is 29.8 Å². The van der Waals surface area contributed by atoms with Crippen molar-refractivity contribution >= 4 is 21.6 Å². The molecular weight excluding hydrogens is 280 g/mol. The maximum absolute atomic E-state index is 11.5. The summed E-state index contributed by atoms with van der Waals surface area (Å²) in [6.07, 6.45) is 0.998. The number of carbonyl (C=O) groups excluding carboxylic acids is 1. The van der Waals surface area contributed by atoms with E-state index in [9.17, 15) is 18.3 Å². The SMILES string of the molecule is CC(O)c1ccc(NC(=O)NCCCS(C)(=O)=O)cc1. The Bertz CT molecular complexity index is 538. The molecule has 112 valence electrons. The van der Waals surface area contributed by atoms with Crippen LogP contribution in [0.5, 0.6) is 0 Å². The molecule has 2 amide bonds. The minimum atomic E-state index is -2.99. The number of benzene rings is 1. The standard InChI is InChI=1S/C13H20N2O4S/c1-10(16)11-4-6-12(7-5-11)15-13(17)14-8-3-9-20(2,18)19/h4-7,10,16H,3,8-9H2,1-2H3,(H2,14,15,17). The molecule has 0 radical (unpaired) electrons. The molecule has 1 aromatic carbocycles. The van der Waals surface area contributed by atoms with E-state index in [1.165, 1.54) is 0 Å². The van der Waals surface area contributed by atoms with E-state index in [4.69, 9.17) is 0 Å². The van der Waals surface area contributed by atoms with Gasteiger partial charge in [0.25, 0.3) is 0 Å². The van der Waals surface area contributed by atoms with Gasteiger partial charge in [0.15, 0.2) is 0 Å². The maximum atomic E-state index is 11.5. The molecule has 3 N–H and O–H groups in total. The number of anilines is 1. The van der Waals surface area contributed by atoms with Crippen LogP contribution < -0.4 is 10.6 Å². The number of hydrogen-bond acceptors (Lipinski definition) is 4. The highest BCUT2D eigenvalue weighted by Crippen LogP contribution is 2.15. The molecule has 1 unspecified atom stereocenters. The molecule has 0 aliphatic rings. The lowest BCUT2D eigenvalue weighted by Crippen LogP contribution is -2.30. The fourth-order valence-corrected chi connectivity index (χ4v) is 2.23. The molecule has 0 fully saturated rings. The Hall–Kier alpha value is -1.60. The Morgan fingerprint density at radius 3 is 2.40 bits per heavy atom. The van der Waals surface area contributed by atoms with Crippen molar-refractivity contribution in [3.63, 3.8) is 0 Å². The van der Waals surface area contributed by atoms with Crippen LogP contribution in [-0.2, 0) is 9.84 Å². The van der Waals surface area contributed by atoms with Crippen molar-refractivity contribution in [1.29, 1.82) is 0 Å². The Morgan fingerprint density at radius 2 is 1.90 bits per heavy atom. The third-order valence-electron chi connectivity index (χ3n) is 2.63. The van der Waals surface area contributed by atoms with Crippen LogP contribution >= 0.6 is 0 Å². The average Bonchev–Trinajstić information content (AvgIpc) is 2.34. The lowest BCUT2D eigenvalue weighted by Gasteiger charge is -2.09. The topological polar surface area (TPSA) is 95.5 Å². The largest absolute Gasteiger partial charge is 0.389 e. The molecule has 7 heteroatoms. The fourth-order valence-electron chi connectivity index (χ4n) is 1.56. The molecule has 0 saturated heterocycles. The predicted molar refractivity (Wildman–Crippen MR) is 78.4 cm³/mol. The minimum absolute atomic E-state index is 0.0519. The van der Waals surface area contributed by atoms with E-state index in [2.05, 4.69) is 10.6 Å². The molecule has 0 saturated carbocycles. The second-order valence-corrected chi connectivity index (χ2v) is 6.92. The summed E-state index contributed by atoms with van der Waals surface area (Å²) in [6.45, 7) is 1.96. The van der Waals surface area contributed by atoms with E-state index in [-0.39, 0.29) is 11.8 Å². The summed E-state index contributed by atoms with van der Waals surface area (Å²) in [5.41, 5.74) is 1.37. The van der Waals surface area contributed by atoms with Gasteiger partial charge >= 0.3 is 6.03 Å². The fraction of sp³-hybridized carbons (Fsp3) is 0.462. The molecule has 6 nitrogen and oxygen atoms in total. The van der Waals surface area contributed by atoms with E-state index in [1.807, 2.05) is 0 Å². The van der Waals surface area contributed by atoms with Gasteiger partial charge in [0.2, 0.25) is 0 Å². The van der Waals surface area contributed by atoms with E-state index in [1.54, 1.807) is 31.2 Å². The van der Waals surface area contributed by atoms with Crippen LogP contribution in [0, 0.1) is 0 Å². The second-order valence-electron chi connectivity index (χ2n) is 4.66. The molecule has 0 aromatic heterocycles. The molecule has 0 bridgehead atoms. The van der Waals surface area contributed by atoms with Crippen LogP contribution in [0.1, 0.15) is 25.0 Å². The third kappa shape index (κ3) is 6.53. The lowest BCUT2D eigenvalue weighted by atomic mass is 10.1. The molecule has 1 atom stereocenters. The number of rotatable bonds is 6. The number of sulfone groups is 1. The van der Waals surface area contributed by atoms with Gasteiger partial charge in [-0.05, 0) is 31.0 Å². The Morgan fingerprint density at radius 1 is 1.30 bits per heavy atom. The summed E-state index contributed by atoms with van der Waals surface area (Å²) in [5, 5.41) is 14.6. The Labute approximate surface area is 119 Å². The first-order chi connectivity index (χ1) is 9.28. The number of carbonyl (C=O) groups is 1. The first-order valence-electron chi connectivity index (χ1n) is 6.28. The highest BCUT2D eigenvalue weighted by atomic mass is 32.2. The molecular formula is C13H20N2O4S. The molecule has 0 aliphatic heterocycles. The number of aliphatic hydroxyl groups excluding tert-OH is 1. The zero-order chi connectivity index (χ0) is 15.2. The summed E-state index contributed by atoms with van der Waals surface area (Å²) in [6, 6.07) is 6.45. The van der Waals surface area contributed by atoms with Gasteiger partial charge in [-0.15, -0.1) is 0 Å². The summed E-state index contributed by atoms with van der Waals surface area (Å²) >= 11 is 0. The number of nitrogens with one attached hydrogen (secondary N) is 2. The number of hydrogen-bond donors (Lipinski definition) is 3. The van der Waals surface area contributed by atoms with Crippen molar-refractivity contribution in [2.24, 2.45) is 0 Å². The summed E-state index contributed by atoms with van der Waals surface area (Å²) in [7, 11) is -2.99. The number of aliphatic hydroxyl groups is 1. The molecule has 1 aromatic rings. The lowest BCUT2D eigenvalue weighted by molar-refractivity contribution is 0.199. The zero-order valence-corrected chi connectivity index (χ0v) is 12.4. The second kappa shape index (κ2) is 7.25.